The highest BCUT2D eigenvalue weighted by Crippen LogP contribution is 2.35. The van der Waals surface area contributed by atoms with Crippen LogP contribution in [0.4, 0.5) is 0 Å². The fourth-order valence-electron chi connectivity index (χ4n) is 2.79. The second-order valence-corrected chi connectivity index (χ2v) is 8.61. The fraction of sp³-hybridized carbons (Fsp3) is 0. The van der Waals surface area contributed by atoms with Gasteiger partial charge in [0, 0.05) is 20.6 Å². The number of cyclic esters (lactones) is 1. The largest absolute Gasteiger partial charge is 0.421 e. The van der Waals surface area contributed by atoms with Gasteiger partial charge in [-0.15, -0.1) is 0 Å². The molecule has 0 fully saturated rings. The van der Waals surface area contributed by atoms with Crippen molar-refractivity contribution in [1.29, 1.82) is 0 Å². The van der Waals surface area contributed by atoms with Crippen LogP contribution >= 0.6 is 43.5 Å². The molecule has 0 saturated carbocycles. The molecule has 0 amide bonds. The lowest BCUT2D eigenvalue weighted by Gasteiger charge is -2.11. The summed E-state index contributed by atoms with van der Waals surface area (Å²) in [6.45, 7) is 0. The van der Waals surface area contributed by atoms with Crippen LogP contribution < -0.4 is 4.74 Å². The Morgan fingerprint density at radius 2 is 1.74 bits per heavy atom. The van der Waals surface area contributed by atoms with E-state index in [0.29, 0.717) is 26.2 Å². The summed E-state index contributed by atoms with van der Waals surface area (Å²) < 4.78 is 12.2. The second-order valence-electron chi connectivity index (χ2n) is 6.40. The van der Waals surface area contributed by atoms with Crippen molar-refractivity contribution in [3.8, 4) is 5.75 Å². The molecule has 4 rings (SSSR count). The standard InChI is InChI=1S/C23H12Br2ClNO4/c24-16-10-15(11-19-23(29)31-21(27-19)13-4-2-1-3-5-13)20(18(25)12-16)30-22(28)14-6-8-17(26)9-7-14/h1-12H/b19-11-. The molecule has 0 atom stereocenters. The molecule has 0 N–H and O–H groups in total. The summed E-state index contributed by atoms with van der Waals surface area (Å²) in [5.41, 5.74) is 1.58. The smallest absolute Gasteiger partial charge is 0.363 e. The molecule has 0 aromatic heterocycles. The van der Waals surface area contributed by atoms with Gasteiger partial charge in [0.25, 0.3) is 0 Å². The lowest BCUT2D eigenvalue weighted by molar-refractivity contribution is -0.129. The molecular formula is C23H12Br2ClNO4. The van der Waals surface area contributed by atoms with Crippen molar-refractivity contribution in [3.05, 3.63) is 103 Å². The zero-order chi connectivity index (χ0) is 22.0. The van der Waals surface area contributed by atoms with E-state index < -0.39 is 11.9 Å². The average molecular weight is 562 g/mol. The Morgan fingerprint density at radius 3 is 2.45 bits per heavy atom. The number of ether oxygens (including phenoxy) is 2. The molecule has 31 heavy (non-hydrogen) atoms. The number of aliphatic imine (C=N–C) groups is 1. The van der Waals surface area contributed by atoms with E-state index >= 15 is 0 Å². The van der Waals surface area contributed by atoms with Crippen molar-refractivity contribution in [2.75, 3.05) is 0 Å². The SMILES string of the molecule is O=C1OC(c2ccccc2)=N/C1=C\c1cc(Br)cc(Br)c1OC(=O)c1ccc(Cl)cc1. The van der Waals surface area contributed by atoms with E-state index in [2.05, 4.69) is 36.9 Å². The molecule has 1 aliphatic heterocycles. The quantitative estimate of drug-likeness (QED) is 0.209. The normalized spacial score (nSPS) is 14.4. The number of nitrogens with zero attached hydrogens (tertiary/aromatic N) is 1. The van der Waals surface area contributed by atoms with Crippen LogP contribution in [0.3, 0.4) is 0 Å². The van der Waals surface area contributed by atoms with Crippen LogP contribution in [0.2, 0.25) is 5.02 Å². The van der Waals surface area contributed by atoms with E-state index in [-0.39, 0.29) is 17.3 Å². The molecule has 0 radical (unpaired) electrons. The molecule has 154 valence electrons. The highest BCUT2D eigenvalue weighted by molar-refractivity contribution is 9.11. The molecule has 0 unspecified atom stereocenters. The topological polar surface area (TPSA) is 65.0 Å². The molecule has 3 aromatic rings. The van der Waals surface area contributed by atoms with Crippen molar-refractivity contribution in [1.82, 2.24) is 0 Å². The van der Waals surface area contributed by atoms with E-state index in [9.17, 15) is 9.59 Å². The Morgan fingerprint density at radius 1 is 1.03 bits per heavy atom. The summed E-state index contributed by atoms with van der Waals surface area (Å²) in [4.78, 5) is 29.3. The Hall–Kier alpha value is -2.74. The van der Waals surface area contributed by atoms with Gasteiger partial charge >= 0.3 is 11.9 Å². The maximum absolute atomic E-state index is 12.6. The number of hydrogen-bond donors (Lipinski definition) is 0. The summed E-state index contributed by atoms with van der Waals surface area (Å²) in [5.74, 6) is -0.704. The van der Waals surface area contributed by atoms with Gasteiger partial charge in [0.2, 0.25) is 5.90 Å². The third-order valence-electron chi connectivity index (χ3n) is 4.25. The van der Waals surface area contributed by atoms with Gasteiger partial charge in [-0.3, -0.25) is 0 Å². The maximum atomic E-state index is 12.6. The van der Waals surface area contributed by atoms with Crippen LogP contribution in [-0.2, 0) is 9.53 Å². The minimum atomic E-state index is -0.593. The first-order valence-electron chi connectivity index (χ1n) is 8.95. The average Bonchev–Trinajstić information content (AvgIpc) is 3.12. The van der Waals surface area contributed by atoms with Gasteiger partial charge < -0.3 is 9.47 Å². The van der Waals surface area contributed by atoms with E-state index in [1.54, 1.807) is 48.5 Å². The Labute approximate surface area is 199 Å². The highest BCUT2D eigenvalue weighted by Gasteiger charge is 2.25. The zero-order valence-corrected chi connectivity index (χ0v) is 19.6. The van der Waals surface area contributed by atoms with Crippen molar-refractivity contribution in [2.24, 2.45) is 4.99 Å². The van der Waals surface area contributed by atoms with Gasteiger partial charge in [-0.05, 0) is 70.5 Å². The molecule has 1 aliphatic rings. The first-order valence-corrected chi connectivity index (χ1v) is 10.9. The molecular weight excluding hydrogens is 550 g/mol. The van der Waals surface area contributed by atoms with E-state index in [4.69, 9.17) is 21.1 Å². The maximum Gasteiger partial charge on any atom is 0.363 e. The first kappa shape index (κ1) is 21.5. The van der Waals surface area contributed by atoms with Crippen LogP contribution in [0.15, 0.2) is 86.4 Å². The number of halogens is 3. The van der Waals surface area contributed by atoms with Gasteiger partial charge in [-0.2, -0.15) is 0 Å². The lowest BCUT2D eigenvalue weighted by Crippen LogP contribution is -2.10. The van der Waals surface area contributed by atoms with Gasteiger partial charge in [0.15, 0.2) is 11.4 Å². The monoisotopic (exact) mass is 559 g/mol. The van der Waals surface area contributed by atoms with Crippen LogP contribution in [-0.4, -0.2) is 17.8 Å². The lowest BCUT2D eigenvalue weighted by atomic mass is 10.1. The van der Waals surface area contributed by atoms with Crippen LogP contribution in [0.25, 0.3) is 6.08 Å². The van der Waals surface area contributed by atoms with Crippen LogP contribution in [0.1, 0.15) is 21.5 Å². The minimum Gasteiger partial charge on any atom is -0.421 e. The van der Waals surface area contributed by atoms with Gasteiger partial charge in [-0.25, -0.2) is 14.6 Å². The van der Waals surface area contributed by atoms with Gasteiger partial charge in [0.1, 0.15) is 0 Å². The highest BCUT2D eigenvalue weighted by atomic mass is 79.9. The number of rotatable bonds is 4. The Kier molecular flexibility index (Phi) is 6.36. The third-order valence-corrected chi connectivity index (χ3v) is 5.54. The zero-order valence-electron chi connectivity index (χ0n) is 15.6. The summed E-state index contributed by atoms with van der Waals surface area (Å²) in [6.07, 6.45) is 1.51. The summed E-state index contributed by atoms with van der Waals surface area (Å²) in [6, 6.07) is 18.9. The van der Waals surface area contributed by atoms with Crippen molar-refractivity contribution >= 4 is 67.4 Å². The van der Waals surface area contributed by atoms with E-state index in [1.807, 2.05) is 18.2 Å². The Balaban J connectivity index is 1.70. The predicted octanol–water partition coefficient (Wildman–Crippen LogP) is 6.43. The van der Waals surface area contributed by atoms with Crippen LogP contribution in [0.5, 0.6) is 5.75 Å². The number of hydrogen-bond acceptors (Lipinski definition) is 5. The molecule has 0 spiro atoms. The number of benzene rings is 3. The molecule has 0 saturated heterocycles. The van der Waals surface area contributed by atoms with Gasteiger partial charge in [-0.1, -0.05) is 45.7 Å². The summed E-state index contributed by atoms with van der Waals surface area (Å²) >= 11 is 12.7. The fourth-order valence-corrected chi connectivity index (χ4v) is 4.26. The number of esters is 2. The number of carbonyl (C=O) groups excluding carboxylic acids is 2. The third kappa shape index (κ3) is 4.95. The molecule has 8 heteroatoms. The number of carbonyl (C=O) groups is 2. The molecule has 3 aromatic carbocycles. The molecule has 0 aliphatic carbocycles. The first-order chi connectivity index (χ1) is 14.9. The molecule has 5 nitrogen and oxygen atoms in total. The molecule has 1 heterocycles. The predicted molar refractivity (Wildman–Crippen MR) is 125 cm³/mol. The summed E-state index contributed by atoms with van der Waals surface area (Å²) in [7, 11) is 0. The van der Waals surface area contributed by atoms with Crippen molar-refractivity contribution < 1.29 is 19.1 Å². The van der Waals surface area contributed by atoms with Crippen LogP contribution in [0, 0.1) is 0 Å². The second kappa shape index (κ2) is 9.18. The van der Waals surface area contributed by atoms with Crippen molar-refractivity contribution in [2.45, 2.75) is 0 Å². The summed E-state index contributed by atoms with van der Waals surface area (Å²) in [5, 5.41) is 0.513. The van der Waals surface area contributed by atoms with E-state index in [1.165, 1.54) is 6.08 Å². The van der Waals surface area contributed by atoms with Gasteiger partial charge in [0.05, 0.1) is 10.0 Å². The Bertz CT molecular complexity index is 1240. The van der Waals surface area contributed by atoms with E-state index in [0.717, 1.165) is 4.47 Å². The minimum absolute atomic E-state index is 0.0904. The van der Waals surface area contributed by atoms with Crippen molar-refractivity contribution in [3.63, 3.8) is 0 Å². The molecule has 0 bridgehead atoms.